The highest BCUT2D eigenvalue weighted by atomic mass is 16.2. The quantitative estimate of drug-likeness (QED) is 0.816. The van der Waals surface area contributed by atoms with Crippen molar-refractivity contribution in [1.82, 2.24) is 5.32 Å². The number of Topliss-reactive ketones (excluding diaryl/α,β-unsaturated/α-hetero) is 1. The van der Waals surface area contributed by atoms with Gasteiger partial charge in [-0.1, -0.05) is 19.1 Å². The van der Waals surface area contributed by atoms with Gasteiger partial charge in [-0.2, -0.15) is 0 Å². The summed E-state index contributed by atoms with van der Waals surface area (Å²) < 4.78 is 0. The van der Waals surface area contributed by atoms with Crippen LogP contribution in [0.1, 0.15) is 36.5 Å². The lowest BCUT2D eigenvalue weighted by molar-refractivity contribution is -0.120. The first kappa shape index (κ1) is 13.7. The second-order valence-electron chi connectivity index (χ2n) is 4.87. The summed E-state index contributed by atoms with van der Waals surface area (Å²) in [5.41, 5.74) is 1.37. The number of carbonyl (C=O) groups excluding carboxylic acids is 2. The van der Waals surface area contributed by atoms with E-state index in [-0.39, 0.29) is 17.6 Å². The molecule has 2 N–H and O–H groups in total. The molecule has 0 spiro atoms. The summed E-state index contributed by atoms with van der Waals surface area (Å²) in [5, 5.41) is 6.15. The lowest BCUT2D eigenvalue weighted by atomic mass is 9.97. The molecule has 1 heterocycles. The van der Waals surface area contributed by atoms with Gasteiger partial charge >= 0.3 is 0 Å². The second kappa shape index (κ2) is 6.48. The van der Waals surface area contributed by atoms with E-state index in [0.717, 1.165) is 25.9 Å². The van der Waals surface area contributed by atoms with Crippen LogP contribution in [0.2, 0.25) is 0 Å². The summed E-state index contributed by atoms with van der Waals surface area (Å²) in [7, 11) is 0. The maximum absolute atomic E-state index is 12.1. The minimum Gasteiger partial charge on any atom is -0.326 e. The number of amides is 1. The van der Waals surface area contributed by atoms with Crippen molar-refractivity contribution in [3.63, 3.8) is 0 Å². The van der Waals surface area contributed by atoms with Gasteiger partial charge in [0.05, 0.1) is 0 Å². The fraction of sp³-hybridized carbons (Fsp3) is 0.467. The third kappa shape index (κ3) is 3.64. The zero-order chi connectivity index (χ0) is 13.7. The van der Waals surface area contributed by atoms with Crippen LogP contribution in [0, 0.1) is 5.92 Å². The van der Waals surface area contributed by atoms with E-state index in [9.17, 15) is 9.59 Å². The molecule has 1 amide bonds. The van der Waals surface area contributed by atoms with Crippen molar-refractivity contribution in [3.05, 3.63) is 29.8 Å². The number of hydrogen-bond donors (Lipinski definition) is 2. The van der Waals surface area contributed by atoms with Crippen molar-refractivity contribution >= 4 is 17.4 Å². The molecule has 0 aromatic heterocycles. The number of anilines is 1. The van der Waals surface area contributed by atoms with Gasteiger partial charge in [0, 0.05) is 23.6 Å². The predicted octanol–water partition coefficient (Wildman–Crippen LogP) is 2.22. The molecular formula is C15H20N2O2. The van der Waals surface area contributed by atoms with E-state index in [1.54, 1.807) is 18.2 Å². The first-order chi connectivity index (χ1) is 9.20. The van der Waals surface area contributed by atoms with E-state index in [2.05, 4.69) is 10.6 Å². The standard InChI is InChI=1S/C15H20N2O2/c1-2-14(18)12-4-3-5-13(10-12)17-15(19)11-6-8-16-9-7-11/h3-5,10-11,16H,2,6-9H2,1H3,(H,17,19). The lowest BCUT2D eigenvalue weighted by Gasteiger charge is -2.21. The first-order valence-electron chi connectivity index (χ1n) is 6.85. The average molecular weight is 260 g/mol. The van der Waals surface area contributed by atoms with Crippen LogP contribution in [0.4, 0.5) is 5.69 Å². The highest BCUT2D eigenvalue weighted by molar-refractivity contribution is 5.98. The molecule has 0 atom stereocenters. The number of nitrogens with one attached hydrogen (secondary N) is 2. The van der Waals surface area contributed by atoms with Crippen molar-refractivity contribution in [1.29, 1.82) is 0 Å². The van der Waals surface area contributed by atoms with E-state index in [4.69, 9.17) is 0 Å². The van der Waals surface area contributed by atoms with Crippen LogP contribution in [0.25, 0.3) is 0 Å². The summed E-state index contributed by atoms with van der Waals surface area (Å²) in [6, 6.07) is 7.17. The first-order valence-corrected chi connectivity index (χ1v) is 6.85. The smallest absolute Gasteiger partial charge is 0.227 e. The molecule has 1 aromatic rings. The van der Waals surface area contributed by atoms with Crippen LogP contribution in [0.15, 0.2) is 24.3 Å². The Morgan fingerprint density at radius 3 is 2.74 bits per heavy atom. The molecule has 1 aromatic carbocycles. The van der Waals surface area contributed by atoms with Crippen molar-refractivity contribution in [3.8, 4) is 0 Å². The summed E-state index contributed by atoms with van der Waals surface area (Å²) in [5.74, 6) is 0.229. The molecule has 1 aliphatic rings. The molecule has 0 unspecified atom stereocenters. The van der Waals surface area contributed by atoms with Gasteiger partial charge in [0.15, 0.2) is 5.78 Å². The number of hydrogen-bond acceptors (Lipinski definition) is 3. The Hall–Kier alpha value is -1.68. The van der Waals surface area contributed by atoms with Gasteiger partial charge in [0.25, 0.3) is 0 Å². The molecule has 0 bridgehead atoms. The maximum Gasteiger partial charge on any atom is 0.227 e. The molecule has 2 rings (SSSR count). The second-order valence-corrected chi connectivity index (χ2v) is 4.87. The molecule has 1 aliphatic heterocycles. The average Bonchev–Trinajstić information content (AvgIpc) is 2.47. The summed E-state index contributed by atoms with van der Waals surface area (Å²) in [6.07, 6.45) is 2.23. The van der Waals surface area contributed by atoms with Crippen molar-refractivity contribution in [2.24, 2.45) is 5.92 Å². The predicted molar refractivity (Wildman–Crippen MR) is 75.3 cm³/mol. The number of carbonyl (C=O) groups is 2. The summed E-state index contributed by atoms with van der Waals surface area (Å²) in [4.78, 5) is 23.7. The Kier molecular flexibility index (Phi) is 4.68. The fourth-order valence-corrected chi connectivity index (χ4v) is 2.30. The van der Waals surface area contributed by atoms with E-state index in [1.165, 1.54) is 0 Å². The monoisotopic (exact) mass is 260 g/mol. The minimum absolute atomic E-state index is 0.0580. The molecule has 4 nitrogen and oxygen atoms in total. The van der Waals surface area contributed by atoms with Gasteiger partial charge in [-0.05, 0) is 38.1 Å². The van der Waals surface area contributed by atoms with Crippen molar-refractivity contribution in [2.75, 3.05) is 18.4 Å². The van der Waals surface area contributed by atoms with Gasteiger partial charge in [-0.15, -0.1) is 0 Å². The van der Waals surface area contributed by atoms with E-state index >= 15 is 0 Å². The SMILES string of the molecule is CCC(=O)c1cccc(NC(=O)C2CCNCC2)c1. The largest absolute Gasteiger partial charge is 0.326 e. The Balaban J connectivity index is 2.02. The number of rotatable bonds is 4. The zero-order valence-corrected chi connectivity index (χ0v) is 11.2. The third-order valence-electron chi connectivity index (χ3n) is 3.48. The number of benzene rings is 1. The van der Waals surface area contributed by atoms with E-state index < -0.39 is 0 Å². The lowest BCUT2D eigenvalue weighted by Crippen LogP contribution is -2.34. The molecule has 19 heavy (non-hydrogen) atoms. The van der Waals surface area contributed by atoms with Crippen LogP contribution in [0.3, 0.4) is 0 Å². The highest BCUT2D eigenvalue weighted by Crippen LogP contribution is 2.17. The topological polar surface area (TPSA) is 58.2 Å². The fourth-order valence-electron chi connectivity index (χ4n) is 2.30. The molecule has 102 valence electrons. The Bertz CT molecular complexity index is 465. The van der Waals surface area contributed by atoms with Crippen LogP contribution in [0.5, 0.6) is 0 Å². The van der Waals surface area contributed by atoms with Crippen molar-refractivity contribution < 1.29 is 9.59 Å². The maximum atomic E-state index is 12.1. The molecule has 4 heteroatoms. The molecule has 1 saturated heterocycles. The Morgan fingerprint density at radius 2 is 2.05 bits per heavy atom. The van der Waals surface area contributed by atoms with Gasteiger partial charge < -0.3 is 10.6 Å². The van der Waals surface area contributed by atoms with Gasteiger partial charge in [-0.3, -0.25) is 9.59 Å². The van der Waals surface area contributed by atoms with Crippen LogP contribution in [-0.4, -0.2) is 24.8 Å². The van der Waals surface area contributed by atoms with Crippen LogP contribution < -0.4 is 10.6 Å². The number of ketones is 1. The molecule has 0 aliphatic carbocycles. The van der Waals surface area contributed by atoms with Crippen LogP contribution in [-0.2, 0) is 4.79 Å². The Labute approximate surface area is 113 Å². The third-order valence-corrected chi connectivity index (χ3v) is 3.48. The summed E-state index contributed by atoms with van der Waals surface area (Å²) >= 11 is 0. The van der Waals surface area contributed by atoms with Crippen LogP contribution >= 0.6 is 0 Å². The van der Waals surface area contributed by atoms with Gasteiger partial charge in [-0.25, -0.2) is 0 Å². The summed E-state index contributed by atoms with van der Waals surface area (Å²) in [6.45, 7) is 3.63. The normalized spacial score (nSPS) is 16.1. The van der Waals surface area contributed by atoms with Crippen molar-refractivity contribution in [2.45, 2.75) is 26.2 Å². The molecule has 0 saturated carbocycles. The Morgan fingerprint density at radius 1 is 1.32 bits per heavy atom. The molecule has 0 radical (unpaired) electrons. The van der Waals surface area contributed by atoms with E-state index in [0.29, 0.717) is 17.7 Å². The zero-order valence-electron chi connectivity index (χ0n) is 11.2. The highest BCUT2D eigenvalue weighted by Gasteiger charge is 2.20. The number of piperidine rings is 1. The van der Waals surface area contributed by atoms with E-state index in [1.807, 2.05) is 13.0 Å². The van der Waals surface area contributed by atoms with Gasteiger partial charge in [0.1, 0.15) is 0 Å². The van der Waals surface area contributed by atoms with Gasteiger partial charge in [0.2, 0.25) is 5.91 Å². The molecular weight excluding hydrogens is 240 g/mol. The minimum atomic E-state index is 0.0580. The molecule has 1 fully saturated rings.